The Morgan fingerprint density at radius 3 is 2.37 bits per heavy atom. The van der Waals surface area contributed by atoms with Crippen LogP contribution in [0.15, 0.2) is 12.2 Å². The van der Waals surface area contributed by atoms with Gasteiger partial charge in [0.25, 0.3) is 0 Å². The van der Waals surface area contributed by atoms with Crippen molar-refractivity contribution in [3.63, 3.8) is 0 Å². The number of aliphatic hydroxyl groups excluding tert-OH is 4. The van der Waals surface area contributed by atoms with E-state index in [1.54, 1.807) is 6.08 Å². The molecule has 8 heteroatoms. The van der Waals surface area contributed by atoms with Gasteiger partial charge in [0.15, 0.2) is 12.1 Å². The van der Waals surface area contributed by atoms with Gasteiger partial charge < -0.3 is 34.6 Å². The first kappa shape index (κ1) is 20.9. The summed E-state index contributed by atoms with van der Waals surface area (Å²) in [4.78, 5) is 11.6. The van der Waals surface area contributed by atoms with Gasteiger partial charge >= 0.3 is 0 Å². The molecule has 3 fully saturated rings. The highest BCUT2D eigenvalue weighted by Crippen LogP contribution is 2.62. The number of carbonyl (C=O) groups excluding carboxylic acids is 1. The van der Waals surface area contributed by atoms with E-state index in [2.05, 4.69) is 0 Å². The van der Waals surface area contributed by atoms with Crippen molar-refractivity contribution in [3.05, 3.63) is 12.2 Å². The smallest absolute Gasteiger partial charge is 0.187 e. The van der Waals surface area contributed by atoms with Gasteiger partial charge in [-0.3, -0.25) is 4.79 Å². The van der Waals surface area contributed by atoms with Gasteiger partial charge in [-0.2, -0.15) is 0 Å². The molecule has 3 heterocycles. The molecule has 2 bridgehead atoms. The lowest BCUT2D eigenvalue weighted by Gasteiger charge is -2.51. The maximum Gasteiger partial charge on any atom is 0.187 e. The monoisotopic (exact) mass is 386 g/mol. The Kier molecular flexibility index (Phi) is 5.31. The van der Waals surface area contributed by atoms with Crippen molar-refractivity contribution in [2.24, 2.45) is 5.41 Å². The molecule has 0 saturated carbocycles. The zero-order valence-corrected chi connectivity index (χ0v) is 16.2. The number of ketones is 1. The van der Waals surface area contributed by atoms with E-state index in [4.69, 9.17) is 14.2 Å². The largest absolute Gasteiger partial charge is 0.394 e. The topological polar surface area (TPSA) is 126 Å². The average Bonchev–Trinajstić information content (AvgIpc) is 2.99. The van der Waals surface area contributed by atoms with Crippen molar-refractivity contribution in [1.29, 1.82) is 0 Å². The summed E-state index contributed by atoms with van der Waals surface area (Å²) in [6, 6.07) is 0. The quantitative estimate of drug-likeness (QED) is 0.473. The van der Waals surface area contributed by atoms with Gasteiger partial charge in [-0.05, 0) is 32.4 Å². The second kappa shape index (κ2) is 6.88. The first-order chi connectivity index (χ1) is 12.5. The number of rotatable bonds is 5. The third-order valence-corrected chi connectivity index (χ3v) is 6.28. The first-order valence-electron chi connectivity index (χ1n) is 9.32. The van der Waals surface area contributed by atoms with Gasteiger partial charge in [-0.25, -0.2) is 0 Å². The Bertz CT molecular complexity index is 617. The van der Waals surface area contributed by atoms with Gasteiger partial charge in [-0.15, -0.1) is 0 Å². The molecule has 0 aromatic heterocycles. The van der Waals surface area contributed by atoms with Gasteiger partial charge in [0.05, 0.1) is 12.7 Å². The Morgan fingerprint density at radius 1 is 1.15 bits per heavy atom. The summed E-state index contributed by atoms with van der Waals surface area (Å²) in [6.07, 6.45) is -2.33. The zero-order valence-electron chi connectivity index (χ0n) is 16.2. The fourth-order valence-corrected chi connectivity index (χ4v) is 4.96. The standard InChI is InChI=1S/C19H30O8/c1-10(21)5-6-19-17(2,3)7-11(26-19)8-18(19,4)27-16-15(24)14(23)13(22)12(9-20)25-16/h5-6,11-16,20,22-24H,7-9H2,1-4H3/b6-5+/t11-,12+,13+,14-,15+,16-,18+,19+/m0/s1. The number of hydrogen-bond donors (Lipinski definition) is 4. The number of carbonyl (C=O) groups is 1. The summed E-state index contributed by atoms with van der Waals surface area (Å²) in [5.41, 5.74) is -2.21. The highest BCUT2D eigenvalue weighted by atomic mass is 16.7. The Balaban J connectivity index is 1.91. The summed E-state index contributed by atoms with van der Waals surface area (Å²) in [5.74, 6) is -0.116. The SMILES string of the molecule is CC(=O)/C=C/[C@@]12O[C@@H](CC1(C)C)C[C@@]2(C)O[C@@H]1O[C@H](CO)[C@@H](O)[C@H](O)[C@H]1O. The van der Waals surface area contributed by atoms with E-state index in [9.17, 15) is 25.2 Å². The van der Waals surface area contributed by atoms with Crippen LogP contribution in [0, 0.1) is 5.41 Å². The molecule has 3 aliphatic heterocycles. The van der Waals surface area contributed by atoms with Gasteiger partial charge in [0.1, 0.15) is 35.6 Å². The molecule has 8 atom stereocenters. The summed E-state index contributed by atoms with van der Waals surface area (Å²) in [7, 11) is 0. The number of fused-ring (bicyclic) bond motifs is 2. The Morgan fingerprint density at radius 2 is 1.81 bits per heavy atom. The van der Waals surface area contributed by atoms with Crippen LogP contribution in [0.1, 0.15) is 40.5 Å². The summed E-state index contributed by atoms with van der Waals surface area (Å²) in [5, 5.41) is 39.7. The van der Waals surface area contributed by atoms with E-state index in [-0.39, 0.29) is 17.3 Å². The van der Waals surface area contributed by atoms with E-state index < -0.39 is 48.5 Å². The molecule has 27 heavy (non-hydrogen) atoms. The van der Waals surface area contributed by atoms with Crippen molar-refractivity contribution in [3.8, 4) is 0 Å². The van der Waals surface area contributed by atoms with Crippen LogP contribution >= 0.6 is 0 Å². The van der Waals surface area contributed by atoms with Crippen molar-refractivity contribution in [2.75, 3.05) is 6.61 Å². The fraction of sp³-hybridized carbons (Fsp3) is 0.842. The molecule has 0 unspecified atom stereocenters. The van der Waals surface area contributed by atoms with Crippen LogP contribution in [0.4, 0.5) is 0 Å². The molecule has 0 radical (unpaired) electrons. The van der Waals surface area contributed by atoms with Gasteiger partial charge in [0.2, 0.25) is 0 Å². The number of hydrogen-bond acceptors (Lipinski definition) is 8. The van der Waals surface area contributed by atoms with Gasteiger partial charge in [-0.1, -0.05) is 13.8 Å². The van der Waals surface area contributed by atoms with Crippen molar-refractivity contribution < 1.29 is 39.4 Å². The predicted molar refractivity (Wildman–Crippen MR) is 93.7 cm³/mol. The molecule has 0 spiro atoms. The lowest BCUT2D eigenvalue weighted by Crippen LogP contribution is -2.65. The third-order valence-electron chi connectivity index (χ3n) is 6.28. The maximum atomic E-state index is 11.6. The highest BCUT2D eigenvalue weighted by Gasteiger charge is 2.70. The molecule has 3 saturated heterocycles. The number of allylic oxidation sites excluding steroid dienone is 1. The minimum Gasteiger partial charge on any atom is -0.394 e. The maximum absolute atomic E-state index is 11.6. The van der Waals surface area contributed by atoms with Crippen LogP contribution in [0.25, 0.3) is 0 Å². The van der Waals surface area contributed by atoms with E-state index >= 15 is 0 Å². The van der Waals surface area contributed by atoms with Crippen LogP contribution < -0.4 is 0 Å². The van der Waals surface area contributed by atoms with E-state index in [0.29, 0.717) is 6.42 Å². The van der Waals surface area contributed by atoms with E-state index in [1.165, 1.54) is 13.0 Å². The molecule has 3 rings (SSSR count). The zero-order chi connectivity index (χ0) is 20.2. The fourth-order valence-electron chi connectivity index (χ4n) is 4.96. The van der Waals surface area contributed by atoms with Crippen molar-refractivity contribution in [2.45, 2.75) is 88.5 Å². The molecule has 0 aromatic rings. The number of ether oxygens (including phenoxy) is 3. The van der Waals surface area contributed by atoms with E-state index in [1.807, 2.05) is 20.8 Å². The molecule has 8 nitrogen and oxygen atoms in total. The molecule has 0 aliphatic carbocycles. The van der Waals surface area contributed by atoms with Crippen molar-refractivity contribution in [1.82, 2.24) is 0 Å². The normalized spacial score (nSPS) is 49.0. The average molecular weight is 386 g/mol. The molecular weight excluding hydrogens is 356 g/mol. The molecule has 0 amide bonds. The first-order valence-corrected chi connectivity index (χ1v) is 9.32. The lowest BCUT2D eigenvalue weighted by atomic mass is 9.60. The second-order valence-corrected chi connectivity index (χ2v) is 8.76. The molecule has 3 aliphatic rings. The van der Waals surface area contributed by atoms with Crippen LogP contribution in [0.2, 0.25) is 0 Å². The van der Waals surface area contributed by atoms with Gasteiger partial charge in [0, 0.05) is 11.8 Å². The minimum atomic E-state index is -1.51. The van der Waals surface area contributed by atoms with E-state index in [0.717, 1.165) is 6.42 Å². The van der Waals surface area contributed by atoms with Crippen LogP contribution in [0.5, 0.6) is 0 Å². The third kappa shape index (κ3) is 3.17. The second-order valence-electron chi connectivity index (χ2n) is 8.76. The lowest BCUT2D eigenvalue weighted by molar-refractivity contribution is -0.338. The van der Waals surface area contributed by atoms with Crippen LogP contribution in [-0.4, -0.2) is 80.8 Å². The minimum absolute atomic E-state index is 0.0773. The molecule has 154 valence electrons. The van der Waals surface area contributed by atoms with Crippen LogP contribution in [-0.2, 0) is 19.0 Å². The number of aliphatic hydroxyl groups is 4. The van der Waals surface area contributed by atoms with Crippen molar-refractivity contribution >= 4 is 5.78 Å². The molecular formula is C19H30O8. The summed E-state index contributed by atoms with van der Waals surface area (Å²) in [6.45, 7) is 6.83. The summed E-state index contributed by atoms with van der Waals surface area (Å²) >= 11 is 0. The molecule has 4 N–H and O–H groups in total. The highest BCUT2D eigenvalue weighted by molar-refractivity contribution is 5.87. The Labute approximate surface area is 158 Å². The summed E-state index contributed by atoms with van der Waals surface area (Å²) < 4.78 is 17.9. The molecule has 0 aromatic carbocycles. The Hall–Kier alpha value is -0.870. The predicted octanol–water partition coefficient (Wildman–Crippen LogP) is -0.336. The van der Waals surface area contributed by atoms with Crippen LogP contribution in [0.3, 0.4) is 0 Å².